The van der Waals surface area contributed by atoms with Gasteiger partial charge in [0.1, 0.15) is 11.4 Å². The molecule has 2 aromatic rings. The molecule has 2 heterocycles. The molecule has 1 aromatic carbocycles. The molecule has 2 aliphatic rings. The Hall–Kier alpha value is -2.17. The molecule has 6 nitrogen and oxygen atoms in total. The SMILES string of the molecule is O=C(NCC1CC1)c1csc(Cc2ccc(OCC3(C(F)(F)F)OCCO3)cc2)n1. The number of nitrogens with one attached hydrogen (secondary N) is 1. The van der Waals surface area contributed by atoms with Gasteiger partial charge < -0.3 is 19.5 Å². The highest BCUT2D eigenvalue weighted by Crippen LogP contribution is 2.38. The van der Waals surface area contributed by atoms with Gasteiger partial charge in [-0.15, -0.1) is 11.3 Å². The highest BCUT2D eigenvalue weighted by molar-refractivity contribution is 7.09. The van der Waals surface area contributed by atoms with Crippen molar-refractivity contribution in [3.05, 3.63) is 45.9 Å². The number of aromatic nitrogens is 1. The number of alkyl halides is 3. The second-order valence-corrected chi connectivity index (χ2v) is 8.28. The van der Waals surface area contributed by atoms with E-state index in [4.69, 9.17) is 14.2 Å². The van der Waals surface area contributed by atoms with Gasteiger partial charge in [-0.3, -0.25) is 4.79 Å². The maximum atomic E-state index is 13.2. The van der Waals surface area contributed by atoms with E-state index in [1.807, 2.05) is 0 Å². The van der Waals surface area contributed by atoms with Crippen LogP contribution in [0.1, 0.15) is 33.9 Å². The van der Waals surface area contributed by atoms with E-state index in [9.17, 15) is 18.0 Å². The Morgan fingerprint density at radius 2 is 1.93 bits per heavy atom. The Labute approximate surface area is 175 Å². The number of carbonyl (C=O) groups is 1. The third kappa shape index (κ3) is 4.93. The first kappa shape index (κ1) is 21.1. The van der Waals surface area contributed by atoms with Crippen molar-refractivity contribution in [3.8, 4) is 5.75 Å². The van der Waals surface area contributed by atoms with Crippen LogP contribution in [0.4, 0.5) is 13.2 Å². The molecule has 162 valence electrons. The van der Waals surface area contributed by atoms with Gasteiger partial charge in [0.25, 0.3) is 5.91 Å². The molecule has 0 bridgehead atoms. The molecule has 0 radical (unpaired) electrons. The molecular formula is C20H21F3N2O4S. The van der Waals surface area contributed by atoms with Crippen molar-refractivity contribution in [2.24, 2.45) is 5.92 Å². The highest BCUT2D eigenvalue weighted by atomic mass is 32.1. The van der Waals surface area contributed by atoms with E-state index < -0.39 is 18.6 Å². The van der Waals surface area contributed by atoms with Crippen LogP contribution in [0.3, 0.4) is 0 Å². The van der Waals surface area contributed by atoms with Crippen molar-refractivity contribution in [2.75, 3.05) is 26.4 Å². The topological polar surface area (TPSA) is 69.7 Å². The van der Waals surface area contributed by atoms with E-state index in [0.29, 0.717) is 24.6 Å². The van der Waals surface area contributed by atoms with Gasteiger partial charge in [0.05, 0.1) is 18.2 Å². The van der Waals surface area contributed by atoms with Gasteiger partial charge in [-0.2, -0.15) is 13.2 Å². The lowest BCUT2D eigenvalue weighted by Crippen LogP contribution is -2.51. The van der Waals surface area contributed by atoms with Crippen molar-refractivity contribution < 1.29 is 32.2 Å². The number of halogens is 3. The van der Waals surface area contributed by atoms with Crippen LogP contribution < -0.4 is 10.1 Å². The second kappa shape index (κ2) is 8.52. The summed E-state index contributed by atoms with van der Waals surface area (Å²) < 4.78 is 54.5. The monoisotopic (exact) mass is 442 g/mol. The molecule has 2 fully saturated rings. The maximum Gasteiger partial charge on any atom is 0.447 e. The van der Waals surface area contributed by atoms with E-state index >= 15 is 0 Å². The summed E-state index contributed by atoms with van der Waals surface area (Å²) in [7, 11) is 0. The number of carbonyl (C=O) groups excluding carboxylic acids is 1. The normalized spacial score (nSPS) is 18.4. The van der Waals surface area contributed by atoms with Crippen molar-refractivity contribution in [3.63, 3.8) is 0 Å². The Morgan fingerprint density at radius 1 is 1.23 bits per heavy atom. The van der Waals surface area contributed by atoms with Gasteiger partial charge in [-0.1, -0.05) is 12.1 Å². The van der Waals surface area contributed by atoms with Crippen LogP contribution in [-0.4, -0.2) is 49.2 Å². The molecule has 10 heteroatoms. The van der Waals surface area contributed by atoms with Gasteiger partial charge in [0.15, 0.2) is 6.61 Å². The molecule has 0 unspecified atom stereocenters. The minimum absolute atomic E-state index is 0.129. The first-order chi connectivity index (χ1) is 14.3. The Morgan fingerprint density at radius 3 is 2.57 bits per heavy atom. The zero-order valence-electron chi connectivity index (χ0n) is 16.0. The van der Waals surface area contributed by atoms with E-state index in [2.05, 4.69) is 10.3 Å². The van der Waals surface area contributed by atoms with Gasteiger partial charge in [-0.25, -0.2) is 4.98 Å². The number of hydrogen-bond acceptors (Lipinski definition) is 6. The van der Waals surface area contributed by atoms with Crippen LogP contribution >= 0.6 is 11.3 Å². The number of nitrogens with zero attached hydrogens (tertiary/aromatic N) is 1. The summed E-state index contributed by atoms with van der Waals surface area (Å²) in [6.07, 6.45) is -1.84. The van der Waals surface area contributed by atoms with Crippen molar-refractivity contribution in [1.82, 2.24) is 10.3 Å². The molecule has 0 spiro atoms. The summed E-state index contributed by atoms with van der Waals surface area (Å²) >= 11 is 1.39. The first-order valence-electron chi connectivity index (χ1n) is 9.64. The number of amides is 1. The maximum absolute atomic E-state index is 13.2. The van der Waals surface area contributed by atoms with Crippen molar-refractivity contribution >= 4 is 17.2 Å². The van der Waals surface area contributed by atoms with Gasteiger partial charge >= 0.3 is 12.0 Å². The van der Waals surface area contributed by atoms with E-state index in [-0.39, 0.29) is 24.9 Å². The fraction of sp³-hybridized carbons (Fsp3) is 0.500. The minimum atomic E-state index is -4.68. The Kier molecular flexibility index (Phi) is 5.99. The molecule has 0 atom stereocenters. The van der Waals surface area contributed by atoms with Crippen LogP contribution in [0, 0.1) is 5.92 Å². The number of benzene rings is 1. The summed E-state index contributed by atoms with van der Waals surface area (Å²) in [5.74, 6) is -2.00. The standard InChI is InChI=1S/C20H21F3N2O4S/c21-20(22,23)19(28-7-8-29-19)12-27-15-5-3-13(4-6-15)9-17-25-16(11-30-17)18(26)24-10-14-1-2-14/h3-6,11,14H,1-2,7-10,12H2,(H,24,26). The van der Waals surface area contributed by atoms with E-state index in [1.165, 1.54) is 24.2 Å². The fourth-order valence-electron chi connectivity index (χ4n) is 2.99. The molecule has 4 rings (SSSR count). The van der Waals surface area contributed by atoms with Crippen LogP contribution in [0.2, 0.25) is 0 Å². The Bertz CT molecular complexity index is 875. The third-order valence-electron chi connectivity index (χ3n) is 4.93. The van der Waals surface area contributed by atoms with Crippen molar-refractivity contribution in [1.29, 1.82) is 0 Å². The largest absolute Gasteiger partial charge is 0.488 e. The molecule has 1 aromatic heterocycles. The smallest absolute Gasteiger partial charge is 0.447 e. The van der Waals surface area contributed by atoms with Crippen LogP contribution in [0.5, 0.6) is 5.75 Å². The third-order valence-corrected chi connectivity index (χ3v) is 5.77. The summed E-state index contributed by atoms with van der Waals surface area (Å²) in [6, 6.07) is 6.68. The predicted molar refractivity (Wildman–Crippen MR) is 103 cm³/mol. The molecule has 1 saturated heterocycles. The van der Waals surface area contributed by atoms with Crippen LogP contribution in [-0.2, 0) is 15.9 Å². The molecule has 1 N–H and O–H groups in total. The predicted octanol–water partition coefficient (Wildman–Crippen LogP) is 3.56. The molecule has 1 aliphatic carbocycles. The number of ether oxygens (including phenoxy) is 3. The van der Waals surface area contributed by atoms with Crippen LogP contribution in [0.15, 0.2) is 29.6 Å². The number of thiazole rings is 1. The molecule has 1 aliphatic heterocycles. The summed E-state index contributed by atoms with van der Waals surface area (Å²) in [5, 5.41) is 5.40. The Balaban J connectivity index is 1.31. The summed E-state index contributed by atoms with van der Waals surface area (Å²) in [6.45, 7) is -0.340. The lowest BCUT2D eigenvalue weighted by Gasteiger charge is -2.29. The first-order valence-corrected chi connectivity index (χ1v) is 10.5. The van der Waals surface area contributed by atoms with Gasteiger partial charge in [-0.05, 0) is 36.5 Å². The second-order valence-electron chi connectivity index (χ2n) is 7.34. The molecular weight excluding hydrogens is 421 g/mol. The average Bonchev–Trinajstić information content (AvgIpc) is 3.20. The lowest BCUT2D eigenvalue weighted by molar-refractivity contribution is -0.350. The molecule has 1 amide bonds. The fourth-order valence-corrected chi connectivity index (χ4v) is 3.79. The quantitative estimate of drug-likeness (QED) is 0.677. The zero-order chi connectivity index (χ0) is 21.2. The van der Waals surface area contributed by atoms with E-state index in [0.717, 1.165) is 10.6 Å². The lowest BCUT2D eigenvalue weighted by atomic mass is 10.1. The summed E-state index contributed by atoms with van der Waals surface area (Å²) in [4.78, 5) is 16.4. The molecule has 30 heavy (non-hydrogen) atoms. The highest BCUT2D eigenvalue weighted by Gasteiger charge is 2.61. The zero-order valence-corrected chi connectivity index (χ0v) is 16.9. The van der Waals surface area contributed by atoms with Crippen molar-refractivity contribution in [2.45, 2.75) is 31.2 Å². The number of hydrogen-bond donors (Lipinski definition) is 1. The minimum Gasteiger partial charge on any atom is -0.488 e. The van der Waals surface area contributed by atoms with Gasteiger partial charge in [0, 0.05) is 18.3 Å². The van der Waals surface area contributed by atoms with Crippen LogP contribution in [0.25, 0.3) is 0 Å². The van der Waals surface area contributed by atoms with E-state index in [1.54, 1.807) is 29.6 Å². The van der Waals surface area contributed by atoms with Gasteiger partial charge in [0.2, 0.25) is 0 Å². The summed E-state index contributed by atoms with van der Waals surface area (Å²) in [5.41, 5.74) is 1.31. The molecule has 1 saturated carbocycles. The number of rotatable bonds is 8. The average molecular weight is 442 g/mol.